The molecule has 2 aromatic carbocycles. The zero-order chi connectivity index (χ0) is 17.5. The van der Waals surface area contributed by atoms with Gasteiger partial charge >= 0.3 is 0 Å². The molecule has 0 aliphatic rings. The Morgan fingerprint density at radius 1 is 1.12 bits per heavy atom. The van der Waals surface area contributed by atoms with E-state index in [4.69, 9.17) is 4.74 Å². The fourth-order valence-electron chi connectivity index (χ4n) is 2.41. The number of hydrogen-bond donors (Lipinski definition) is 0. The maximum absolute atomic E-state index is 12.3. The van der Waals surface area contributed by atoms with Gasteiger partial charge < -0.3 is 4.74 Å². The topological polar surface area (TPSA) is 44.1 Å². The Balaban J connectivity index is 1.70. The molecule has 0 bridgehead atoms. The minimum atomic E-state index is -0.0717. The van der Waals surface area contributed by atoms with Crippen LogP contribution in [-0.4, -0.2) is 15.6 Å². The third kappa shape index (κ3) is 4.44. The highest BCUT2D eigenvalue weighted by atomic mass is 16.5. The minimum absolute atomic E-state index is 0.0717. The molecule has 0 spiro atoms. The third-order valence-electron chi connectivity index (χ3n) is 3.81. The molecule has 0 N–H and O–H groups in total. The number of ether oxygens (including phenoxy) is 1. The first-order chi connectivity index (χ1) is 12.3. The number of carbonyl (C=O) groups is 1. The van der Waals surface area contributed by atoms with Crippen LogP contribution in [0.2, 0.25) is 0 Å². The molecule has 0 aliphatic carbocycles. The van der Waals surface area contributed by atoms with E-state index in [0.29, 0.717) is 12.2 Å². The van der Waals surface area contributed by atoms with E-state index in [1.807, 2.05) is 61.5 Å². The van der Waals surface area contributed by atoms with Gasteiger partial charge in [-0.1, -0.05) is 48.5 Å². The van der Waals surface area contributed by atoms with Crippen molar-refractivity contribution in [1.29, 1.82) is 0 Å². The van der Waals surface area contributed by atoms with Gasteiger partial charge in [0.15, 0.2) is 5.78 Å². The van der Waals surface area contributed by atoms with Crippen LogP contribution in [0.4, 0.5) is 0 Å². The summed E-state index contributed by atoms with van der Waals surface area (Å²) in [6.07, 6.45) is 6.69. The molecule has 126 valence electrons. The lowest BCUT2D eigenvalue weighted by Gasteiger charge is -2.09. The lowest BCUT2D eigenvalue weighted by Crippen LogP contribution is -1.97. The average molecular weight is 332 g/mol. The highest BCUT2D eigenvalue weighted by Crippen LogP contribution is 2.21. The smallest absolute Gasteiger partial charge is 0.189 e. The van der Waals surface area contributed by atoms with Gasteiger partial charge in [-0.3, -0.25) is 9.48 Å². The summed E-state index contributed by atoms with van der Waals surface area (Å²) in [5.74, 6) is 0.678. The van der Waals surface area contributed by atoms with Crippen LogP contribution in [0.25, 0.3) is 6.08 Å². The van der Waals surface area contributed by atoms with Gasteiger partial charge in [-0.2, -0.15) is 5.10 Å². The SMILES string of the molecule is CCn1cc(C(=O)/C=C/c2ccccc2OCc2ccccc2)cn1. The van der Waals surface area contributed by atoms with Gasteiger partial charge in [0.05, 0.1) is 11.8 Å². The van der Waals surface area contributed by atoms with Crippen molar-refractivity contribution in [2.45, 2.75) is 20.1 Å². The van der Waals surface area contributed by atoms with Crippen molar-refractivity contribution in [3.8, 4) is 5.75 Å². The fraction of sp³-hybridized carbons (Fsp3) is 0.143. The number of hydrogen-bond acceptors (Lipinski definition) is 3. The van der Waals surface area contributed by atoms with Crippen molar-refractivity contribution in [3.05, 3.63) is 89.8 Å². The van der Waals surface area contributed by atoms with E-state index in [-0.39, 0.29) is 5.78 Å². The normalized spacial score (nSPS) is 10.9. The summed E-state index contributed by atoms with van der Waals surface area (Å²) >= 11 is 0. The van der Waals surface area contributed by atoms with E-state index in [9.17, 15) is 4.79 Å². The van der Waals surface area contributed by atoms with Gasteiger partial charge in [0, 0.05) is 18.3 Å². The molecule has 1 heterocycles. The second-order valence-corrected chi connectivity index (χ2v) is 5.59. The van der Waals surface area contributed by atoms with Gasteiger partial charge in [-0.25, -0.2) is 0 Å². The Morgan fingerprint density at radius 2 is 1.88 bits per heavy atom. The summed E-state index contributed by atoms with van der Waals surface area (Å²) in [6.45, 7) is 3.22. The molecule has 0 radical (unpaired) electrons. The van der Waals surface area contributed by atoms with Crippen molar-refractivity contribution in [2.75, 3.05) is 0 Å². The highest BCUT2D eigenvalue weighted by Gasteiger charge is 2.06. The first kappa shape index (κ1) is 16.7. The summed E-state index contributed by atoms with van der Waals surface area (Å²) < 4.78 is 7.64. The molecule has 0 saturated heterocycles. The highest BCUT2D eigenvalue weighted by molar-refractivity contribution is 6.06. The molecule has 4 nitrogen and oxygen atoms in total. The Kier molecular flexibility index (Phi) is 5.42. The van der Waals surface area contributed by atoms with Crippen LogP contribution in [0.5, 0.6) is 5.75 Å². The van der Waals surface area contributed by atoms with Crippen LogP contribution >= 0.6 is 0 Å². The lowest BCUT2D eigenvalue weighted by atomic mass is 10.1. The molecule has 4 heteroatoms. The van der Waals surface area contributed by atoms with Gasteiger partial charge in [0.25, 0.3) is 0 Å². The van der Waals surface area contributed by atoms with Crippen LogP contribution in [0.1, 0.15) is 28.4 Å². The molecule has 0 atom stereocenters. The number of allylic oxidation sites excluding steroid dienone is 1. The van der Waals surface area contributed by atoms with Crippen molar-refractivity contribution < 1.29 is 9.53 Å². The summed E-state index contributed by atoms with van der Waals surface area (Å²) in [5, 5.41) is 4.13. The van der Waals surface area contributed by atoms with Gasteiger partial charge in [0.2, 0.25) is 0 Å². The fourth-order valence-corrected chi connectivity index (χ4v) is 2.41. The quantitative estimate of drug-likeness (QED) is 0.476. The summed E-state index contributed by atoms with van der Waals surface area (Å²) in [5.41, 5.74) is 2.56. The van der Waals surface area contributed by atoms with Crippen molar-refractivity contribution in [1.82, 2.24) is 9.78 Å². The Morgan fingerprint density at radius 3 is 2.64 bits per heavy atom. The molecular formula is C21H20N2O2. The molecule has 0 amide bonds. The average Bonchev–Trinajstić information content (AvgIpc) is 3.15. The van der Waals surface area contributed by atoms with Crippen LogP contribution in [0.15, 0.2) is 73.1 Å². The van der Waals surface area contributed by atoms with Gasteiger partial charge in [-0.05, 0) is 30.7 Å². The Hall–Kier alpha value is -3.14. The van der Waals surface area contributed by atoms with E-state index in [2.05, 4.69) is 5.10 Å². The number of para-hydroxylation sites is 1. The van der Waals surface area contributed by atoms with Crippen LogP contribution in [0, 0.1) is 0 Å². The van der Waals surface area contributed by atoms with E-state index in [1.54, 1.807) is 29.2 Å². The summed E-state index contributed by atoms with van der Waals surface area (Å²) in [4.78, 5) is 12.3. The molecule has 0 saturated carbocycles. The summed E-state index contributed by atoms with van der Waals surface area (Å²) in [7, 11) is 0. The molecule has 0 aliphatic heterocycles. The molecule has 25 heavy (non-hydrogen) atoms. The molecule has 3 aromatic rings. The van der Waals surface area contributed by atoms with Gasteiger partial charge in [0.1, 0.15) is 12.4 Å². The second kappa shape index (κ2) is 8.11. The summed E-state index contributed by atoms with van der Waals surface area (Å²) in [6, 6.07) is 17.7. The van der Waals surface area contributed by atoms with E-state index in [1.165, 1.54) is 0 Å². The standard InChI is InChI=1S/C21H20N2O2/c1-2-23-15-19(14-22-23)20(24)13-12-18-10-6-7-11-21(18)25-16-17-8-4-3-5-9-17/h3-15H,2,16H2,1H3/b13-12+. The molecule has 3 rings (SSSR count). The number of aromatic nitrogens is 2. The van der Waals surface area contributed by atoms with Crippen LogP contribution in [0.3, 0.4) is 0 Å². The Labute approximate surface area is 147 Å². The van der Waals surface area contributed by atoms with Crippen LogP contribution < -0.4 is 4.74 Å². The predicted octanol–water partition coefficient (Wildman–Crippen LogP) is 4.38. The monoisotopic (exact) mass is 332 g/mol. The van der Waals surface area contributed by atoms with E-state index in [0.717, 1.165) is 23.4 Å². The van der Waals surface area contributed by atoms with Gasteiger partial charge in [-0.15, -0.1) is 0 Å². The largest absolute Gasteiger partial charge is 0.488 e. The number of carbonyl (C=O) groups excluding carboxylic acids is 1. The number of aryl methyl sites for hydroxylation is 1. The van der Waals surface area contributed by atoms with Crippen LogP contribution in [-0.2, 0) is 13.2 Å². The first-order valence-electron chi connectivity index (χ1n) is 8.27. The maximum atomic E-state index is 12.3. The first-order valence-corrected chi connectivity index (χ1v) is 8.27. The number of nitrogens with zero attached hydrogens (tertiary/aromatic N) is 2. The molecule has 0 fully saturated rings. The van der Waals surface area contributed by atoms with E-state index >= 15 is 0 Å². The maximum Gasteiger partial charge on any atom is 0.189 e. The molecular weight excluding hydrogens is 312 g/mol. The molecule has 1 aromatic heterocycles. The van der Waals surface area contributed by atoms with E-state index < -0.39 is 0 Å². The molecule has 0 unspecified atom stereocenters. The second-order valence-electron chi connectivity index (χ2n) is 5.59. The van der Waals surface area contributed by atoms with Crippen molar-refractivity contribution in [3.63, 3.8) is 0 Å². The minimum Gasteiger partial charge on any atom is -0.488 e. The lowest BCUT2D eigenvalue weighted by molar-refractivity contribution is 0.104. The van der Waals surface area contributed by atoms with Crippen molar-refractivity contribution in [2.24, 2.45) is 0 Å². The Bertz CT molecular complexity index is 866. The predicted molar refractivity (Wildman–Crippen MR) is 98.5 cm³/mol. The van der Waals surface area contributed by atoms with Crippen molar-refractivity contribution >= 4 is 11.9 Å². The number of rotatable bonds is 7. The number of ketones is 1. The zero-order valence-electron chi connectivity index (χ0n) is 14.1. The zero-order valence-corrected chi connectivity index (χ0v) is 14.1. The third-order valence-corrected chi connectivity index (χ3v) is 3.81. The number of benzene rings is 2.